The normalized spacial score (nSPS) is 19.0. The van der Waals surface area contributed by atoms with Crippen LogP contribution in [0.15, 0.2) is 24.5 Å². The van der Waals surface area contributed by atoms with Crippen molar-refractivity contribution in [1.29, 1.82) is 0 Å². The maximum Gasteiger partial charge on any atom is 0.159 e. The van der Waals surface area contributed by atoms with Gasteiger partial charge in [0, 0.05) is 39.1 Å². The van der Waals surface area contributed by atoms with Gasteiger partial charge in [-0.2, -0.15) is 0 Å². The highest BCUT2D eigenvalue weighted by Crippen LogP contribution is 2.25. The third-order valence-corrected chi connectivity index (χ3v) is 3.77. The van der Waals surface area contributed by atoms with Gasteiger partial charge in [0.25, 0.3) is 0 Å². The van der Waals surface area contributed by atoms with E-state index in [1.54, 1.807) is 13.3 Å². The van der Waals surface area contributed by atoms with E-state index in [2.05, 4.69) is 37.6 Å². The summed E-state index contributed by atoms with van der Waals surface area (Å²) in [6.07, 6.45) is 3.72. The minimum atomic E-state index is 0.252. The first-order valence-electron chi connectivity index (χ1n) is 6.83. The molecular formula is C14H19N5O. The molecular weight excluding hydrogens is 254 g/mol. The van der Waals surface area contributed by atoms with Crippen LogP contribution in [-0.2, 0) is 24.4 Å². The van der Waals surface area contributed by atoms with Gasteiger partial charge in [-0.3, -0.25) is 9.88 Å². The molecule has 0 N–H and O–H groups in total. The summed E-state index contributed by atoms with van der Waals surface area (Å²) < 4.78 is 7.34. The topological polar surface area (TPSA) is 56.1 Å². The van der Waals surface area contributed by atoms with Crippen LogP contribution < -0.4 is 0 Å². The second-order valence-corrected chi connectivity index (χ2v) is 5.07. The number of pyridine rings is 1. The number of hydrogen-bond donors (Lipinski definition) is 0. The molecule has 6 heteroatoms. The molecule has 0 aliphatic carbocycles. The minimum Gasteiger partial charge on any atom is -0.377 e. The van der Waals surface area contributed by atoms with Crippen molar-refractivity contribution in [3.8, 4) is 0 Å². The Kier molecular flexibility index (Phi) is 3.75. The molecule has 0 unspecified atom stereocenters. The molecule has 1 aliphatic heterocycles. The van der Waals surface area contributed by atoms with Crippen LogP contribution in [0.1, 0.15) is 30.2 Å². The fourth-order valence-electron chi connectivity index (χ4n) is 2.67. The monoisotopic (exact) mass is 273 g/mol. The quantitative estimate of drug-likeness (QED) is 0.842. The lowest BCUT2D eigenvalue weighted by atomic mass is 10.1. The average Bonchev–Trinajstić information content (AvgIpc) is 2.88. The van der Waals surface area contributed by atoms with E-state index in [1.807, 2.05) is 12.3 Å². The van der Waals surface area contributed by atoms with Gasteiger partial charge >= 0.3 is 0 Å². The van der Waals surface area contributed by atoms with E-state index in [0.717, 1.165) is 31.3 Å². The van der Waals surface area contributed by atoms with Gasteiger partial charge in [0.1, 0.15) is 12.4 Å². The fourth-order valence-corrected chi connectivity index (χ4v) is 2.67. The molecule has 0 fully saturated rings. The Labute approximate surface area is 118 Å². The Morgan fingerprint density at radius 1 is 1.35 bits per heavy atom. The lowest BCUT2D eigenvalue weighted by molar-refractivity contribution is 0.143. The fraction of sp³-hybridized carbons (Fsp3) is 0.500. The van der Waals surface area contributed by atoms with Gasteiger partial charge in [-0.15, -0.1) is 10.2 Å². The molecule has 2 aromatic rings. The molecule has 20 heavy (non-hydrogen) atoms. The predicted molar refractivity (Wildman–Crippen MR) is 73.8 cm³/mol. The molecule has 0 radical (unpaired) electrons. The van der Waals surface area contributed by atoms with Gasteiger partial charge < -0.3 is 9.30 Å². The second kappa shape index (κ2) is 5.68. The number of nitrogens with zero attached hydrogens (tertiary/aromatic N) is 5. The molecule has 6 nitrogen and oxygen atoms in total. The summed E-state index contributed by atoms with van der Waals surface area (Å²) in [7, 11) is 1.68. The van der Waals surface area contributed by atoms with Crippen molar-refractivity contribution in [2.24, 2.45) is 0 Å². The van der Waals surface area contributed by atoms with Gasteiger partial charge in [0.15, 0.2) is 5.82 Å². The maximum atomic E-state index is 5.16. The number of aromatic nitrogens is 4. The van der Waals surface area contributed by atoms with E-state index in [4.69, 9.17) is 4.74 Å². The van der Waals surface area contributed by atoms with E-state index < -0.39 is 0 Å². The van der Waals surface area contributed by atoms with Crippen molar-refractivity contribution in [2.45, 2.75) is 32.7 Å². The second-order valence-electron chi connectivity index (χ2n) is 5.07. The van der Waals surface area contributed by atoms with Crippen LogP contribution in [0.2, 0.25) is 0 Å². The lowest BCUT2D eigenvalue weighted by Gasteiger charge is -2.33. The molecule has 3 heterocycles. The van der Waals surface area contributed by atoms with E-state index in [0.29, 0.717) is 6.61 Å². The molecule has 0 aromatic carbocycles. The lowest BCUT2D eigenvalue weighted by Crippen LogP contribution is -2.37. The third kappa shape index (κ3) is 2.44. The van der Waals surface area contributed by atoms with Crippen molar-refractivity contribution in [2.75, 3.05) is 13.7 Å². The molecule has 2 aromatic heterocycles. The first-order chi connectivity index (χ1) is 9.79. The average molecular weight is 273 g/mol. The summed E-state index contributed by atoms with van der Waals surface area (Å²) in [6.45, 7) is 5.47. The van der Waals surface area contributed by atoms with Crippen LogP contribution in [0.3, 0.4) is 0 Å². The minimum absolute atomic E-state index is 0.252. The molecule has 1 atom stereocenters. The molecule has 0 spiro atoms. The first-order valence-corrected chi connectivity index (χ1v) is 6.83. The molecule has 106 valence electrons. The molecule has 0 saturated carbocycles. The highest BCUT2D eigenvalue weighted by atomic mass is 16.5. The van der Waals surface area contributed by atoms with Crippen molar-refractivity contribution in [3.63, 3.8) is 0 Å². The van der Waals surface area contributed by atoms with Crippen molar-refractivity contribution >= 4 is 0 Å². The van der Waals surface area contributed by atoms with Crippen molar-refractivity contribution < 1.29 is 4.74 Å². The smallest absolute Gasteiger partial charge is 0.159 e. The van der Waals surface area contributed by atoms with E-state index >= 15 is 0 Å². The Hall–Kier alpha value is -1.79. The SMILES string of the molecule is COCc1nnc2n1CCN(Cc1cccnc1)[C@@H]2C. The first kappa shape index (κ1) is 13.2. The molecule has 0 amide bonds. The van der Waals surface area contributed by atoms with Gasteiger partial charge in [-0.1, -0.05) is 6.07 Å². The third-order valence-electron chi connectivity index (χ3n) is 3.77. The predicted octanol–water partition coefficient (Wildman–Crippen LogP) is 1.40. The van der Waals surface area contributed by atoms with E-state index in [-0.39, 0.29) is 6.04 Å². The maximum absolute atomic E-state index is 5.16. The van der Waals surface area contributed by atoms with Crippen LogP contribution in [0, 0.1) is 0 Å². The number of methoxy groups -OCH3 is 1. The summed E-state index contributed by atoms with van der Waals surface area (Å²) in [4.78, 5) is 6.57. The number of fused-ring (bicyclic) bond motifs is 1. The molecule has 3 rings (SSSR count). The van der Waals surface area contributed by atoms with Gasteiger partial charge in [-0.25, -0.2) is 0 Å². The summed E-state index contributed by atoms with van der Waals surface area (Å²) >= 11 is 0. The summed E-state index contributed by atoms with van der Waals surface area (Å²) in [5.74, 6) is 1.93. The van der Waals surface area contributed by atoms with Crippen molar-refractivity contribution in [1.82, 2.24) is 24.6 Å². The van der Waals surface area contributed by atoms with Gasteiger partial charge in [-0.05, 0) is 18.6 Å². The Morgan fingerprint density at radius 3 is 3.00 bits per heavy atom. The summed E-state index contributed by atoms with van der Waals surface area (Å²) in [6, 6.07) is 4.33. The Bertz CT molecular complexity index is 568. The highest BCUT2D eigenvalue weighted by Gasteiger charge is 2.27. The van der Waals surface area contributed by atoms with Crippen LogP contribution in [0.5, 0.6) is 0 Å². The zero-order valence-corrected chi connectivity index (χ0v) is 11.9. The van der Waals surface area contributed by atoms with Crippen LogP contribution >= 0.6 is 0 Å². The van der Waals surface area contributed by atoms with Crippen molar-refractivity contribution in [3.05, 3.63) is 41.7 Å². The number of ether oxygens (including phenoxy) is 1. The summed E-state index contributed by atoms with van der Waals surface area (Å²) in [5, 5.41) is 8.55. The Balaban J connectivity index is 1.77. The summed E-state index contributed by atoms with van der Waals surface area (Å²) in [5.41, 5.74) is 1.23. The largest absolute Gasteiger partial charge is 0.377 e. The molecule has 1 aliphatic rings. The standard InChI is InChI=1S/C14H19N5O/c1-11-14-17-16-13(10-20-2)19(14)7-6-18(11)9-12-4-3-5-15-8-12/h3-5,8,11H,6-7,9-10H2,1-2H3/t11-/m1/s1. The zero-order chi connectivity index (χ0) is 13.9. The number of rotatable bonds is 4. The Morgan fingerprint density at radius 2 is 2.25 bits per heavy atom. The van der Waals surface area contributed by atoms with Crippen LogP contribution in [0.25, 0.3) is 0 Å². The molecule has 0 bridgehead atoms. The van der Waals surface area contributed by atoms with Gasteiger partial charge in [0.05, 0.1) is 6.04 Å². The molecule has 0 saturated heterocycles. The van der Waals surface area contributed by atoms with E-state index in [9.17, 15) is 0 Å². The highest BCUT2D eigenvalue weighted by molar-refractivity contribution is 5.10. The van der Waals surface area contributed by atoms with E-state index in [1.165, 1.54) is 5.56 Å². The van der Waals surface area contributed by atoms with Gasteiger partial charge in [0.2, 0.25) is 0 Å². The van der Waals surface area contributed by atoms with Crippen LogP contribution in [-0.4, -0.2) is 38.3 Å². The van der Waals surface area contributed by atoms with Crippen LogP contribution in [0.4, 0.5) is 0 Å². The number of hydrogen-bond acceptors (Lipinski definition) is 5. The zero-order valence-electron chi connectivity index (χ0n) is 11.9.